The molecule has 2 N–H and O–H groups in total. The van der Waals surface area contributed by atoms with Crippen LogP contribution in [0, 0.1) is 0 Å². The Kier molecular flexibility index (Phi) is 6.44. The van der Waals surface area contributed by atoms with Gasteiger partial charge in [0.2, 0.25) is 0 Å². The molecular weight excluding hydrogens is 466 g/mol. The highest BCUT2D eigenvalue weighted by Gasteiger charge is 2.47. The zero-order chi connectivity index (χ0) is 26.1. The van der Waals surface area contributed by atoms with Crippen LogP contribution in [0.25, 0.3) is 16.7 Å². The number of rotatable bonds is 7. The van der Waals surface area contributed by atoms with Gasteiger partial charge in [-0.2, -0.15) is 0 Å². The van der Waals surface area contributed by atoms with Gasteiger partial charge in [0.15, 0.2) is 0 Å². The number of aromatic amines is 1. The number of ether oxygens (including phenoxy) is 1. The number of ketones is 1. The summed E-state index contributed by atoms with van der Waals surface area (Å²) in [5.41, 5.74) is 3.59. The quantitative estimate of drug-likeness (QED) is 0.197. The standard InChI is InChI=1S/C30H29N3O4/c1-4-32(5-2)20-13-15-21(16-14-20)33-27(19-9-8-10-22(17-19)37-3)26(29(35)30(33)36)28(34)24-18-31-25-12-7-6-11-23(24)25/h6-18,27,31,34H,4-5H2,1-3H3/b28-26-. The molecule has 1 amide bonds. The summed E-state index contributed by atoms with van der Waals surface area (Å²) in [6.45, 7) is 5.89. The number of aliphatic hydroxyl groups is 1. The van der Waals surface area contributed by atoms with Crippen molar-refractivity contribution in [1.29, 1.82) is 0 Å². The number of nitrogens with one attached hydrogen (secondary N) is 1. The van der Waals surface area contributed by atoms with Gasteiger partial charge in [0.05, 0.1) is 18.7 Å². The summed E-state index contributed by atoms with van der Waals surface area (Å²) >= 11 is 0. The van der Waals surface area contributed by atoms with Crippen LogP contribution in [-0.4, -0.2) is 42.0 Å². The lowest BCUT2D eigenvalue weighted by Gasteiger charge is -2.27. The third kappa shape index (κ3) is 4.12. The minimum absolute atomic E-state index is 0.0378. The number of amides is 1. The summed E-state index contributed by atoms with van der Waals surface area (Å²) < 4.78 is 5.42. The maximum atomic E-state index is 13.5. The molecular formula is C30H29N3O4. The molecule has 2 heterocycles. The van der Waals surface area contributed by atoms with Crippen LogP contribution in [0.4, 0.5) is 11.4 Å². The number of carbonyl (C=O) groups is 2. The first-order valence-electron chi connectivity index (χ1n) is 12.3. The lowest BCUT2D eigenvalue weighted by molar-refractivity contribution is -0.132. The zero-order valence-corrected chi connectivity index (χ0v) is 21.1. The van der Waals surface area contributed by atoms with E-state index in [4.69, 9.17) is 4.74 Å². The average Bonchev–Trinajstić information content (AvgIpc) is 3.48. The van der Waals surface area contributed by atoms with Crippen LogP contribution in [0.15, 0.2) is 84.6 Å². The van der Waals surface area contributed by atoms with Gasteiger partial charge in [0, 0.05) is 47.1 Å². The molecule has 1 atom stereocenters. The van der Waals surface area contributed by atoms with Crippen LogP contribution >= 0.6 is 0 Å². The van der Waals surface area contributed by atoms with Crippen LogP contribution in [0.5, 0.6) is 5.75 Å². The molecule has 5 rings (SSSR count). The highest BCUT2D eigenvalue weighted by molar-refractivity contribution is 6.51. The van der Waals surface area contributed by atoms with Gasteiger partial charge < -0.3 is 19.7 Å². The summed E-state index contributed by atoms with van der Waals surface area (Å²) in [6, 6.07) is 21.5. The molecule has 1 aliphatic rings. The third-order valence-corrected chi connectivity index (χ3v) is 6.95. The molecule has 0 bridgehead atoms. The summed E-state index contributed by atoms with van der Waals surface area (Å²) in [6.07, 6.45) is 1.66. The number of aliphatic hydroxyl groups excluding tert-OH is 1. The zero-order valence-electron chi connectivity index (χ0n) is 21.1. The second kappa shape index (κ2) is 9.85. The molecule has 0 aliphatic carbocycles. The Hall–Kier alpha value is -4.52. The van der Waals surface area contributed by atoms with Crippen molar-refractivity contribution >= 4 is 39.7 Å². The maximum absolute atomic E-state index is 13.5. The number of fused-ring (bicyclic) bond motifs is 1. The predicted molar refractivity (Wildman–Crippen MR) is 146 cm³/mol. The summed E-state index contributed by atoms with van der Waals surface area (Å²) in [4.78, 5) is 33.8. The Balaban J connectivity index is 1.69. The number of H-pyrrole nitrogens is 1. The van der Waals surface area contributed by atoms with E-state index in [2.05, 4.69) is 23.7 Å². The number of benzene rings is 3. The monoisotopic (exact) mass is 495 g/mol. The molecule has 7 nitrogen and oxygen atoms in total. The SMILES string of the molecule is CCN(CC)c1ccc(N2C(=O)C(=O)/C(=C(\O)c3c[nH]c4ccccc34)C2c2cccc(OC)c2)cc1. The lowest BCUT2D eigenvalue weighted by atomic mass is 9.94. The summed E-state index contributed by atoms with van der Waals surface area (Å²) in [5, 5.41) is 12.3. The Morgan fingerprint density at radius 2 is 1.73 bits per heavy atom. The molecule has 7 heteroatoms. The van der Waals surface area contributed by atoms with Gasteiger partial charge in [0.1, 0.15) is 11.5 Å². The first-order chi connectivity index (χ1) is 18.0. The number of anilines is 2. The second-order valence-corrected chi connectivity index (χ2v) is 8.88. The predicted octanol–water partition coefficient (Wildman–Crippen LogP) is 5.65. The maximum Gasteiger partial charge on any atom is 0.300 e. The van der Waals surface area contributed by atoms with Crippen molar-refractivity contribution < 1.29 is 19.4 Å². The Morgan fingerprint density at radius 1 is 1.00 bits per heavy atom. The minimum atomic E-state index is -0.830. The van der Waals surface area contributed by atoms with Crippen molar-refractivity contribution in [3.8, 4) is 5.75 Å². The second-order valence-electron chi connectivity index (χ2n) is 8.88. The molecule has 0 saturated carbocycles. The lowest BCUT2D eigenvalue weighted by Crippen LogP contribution is -2.29. The van der Waals surface area contributed by atoms with E-state index in [0.29, 0.717) is 22.6 Å². The molecule has 1 fully saturated rings. The van der Waals surface area contributed by atoms with Gasteiger partial charge in [-0.05, 0) is 61.9 Å². The van der Waals surface area contributed by atoms with Crippen molar-refractivity contribution in [3.63, 3.8) is 0 Å². The van der Waals surface area contributed by atoms with E-state index in [-0.39, 0.29) is 11.3 Å². The number of Topliss-reactive ketones (excluding diaryl/α,β-unsaturated/α-hetero) is 1. The van der Waals surface area contributed by atoms with Crippen LogP contribution < -0.4 is 14.5 Å². The van der Waals surface area contributed by atoms with E-state index in [1.807, 2.05) is 60.7 Å². The van der Waals surface area contributed by atoms with Crippen molar-refractivity contribution in [2.45, 2.75) is 19.9 Å². The molecule has 4 aromatic rings. The minimum Gasteiger partial charge on any atom is -0.507 e. The number of carbonyl (C=O) groups excluding carboxylic acids is 2. The first kappa shape index (κ1) is 24.2. The highest BCUT2D eigenvalue weighted by atomic mass is 16.5. The first-order valence-corrected chi connectivity index (χ1v) is 12.3. The average molecular weight is 496 g/mol. The molecule has 1 unspecified atom stereocenters. The van der Waals surface area contributed by atoms with Crippen LogP contribution in [-0.2, 0) is 9.59 Å². The smallest absolute Gasteiger partial charge is 0.300 e. The van der Waals surface area contributed by atoms with Crippen LogP contribution in [0.2, 0.25) is 0 Å². The van der Waals surface area contributed by atoms with Gasteiger partial charge in [-0.15, -0.1) is 0 Å². The van der Waals surface area contributed by atoms with E-state index in [0.717, 1.165) is 29.7 Å². The summed E-state index contributed by atoms with van der Waals surface area (Å²) in [7, 11) is 1.56. The fourth-order valence-electron chi connectivity index (χ4n) is 5.05. The number of nitrogens with zero attached hydrogens (tertiary/aromatic N) is 2. The van der Waals surface area contributed by atoms with Gasteiger partial charge >= 0.3 is 0 Å². The van der Waals surface area contributed by atoms with Crippen LogP contribution in [0.1, 0.15) is 31.0 Å². The molecule has 188 valence electrons. The number of methoxy groups -OCH3 is 1. The molecule has 1 saturated heterocycles. The van der Waals surface area contributed by atoms with E-state index in [1.54, 1.807) is 25.4 Å². The van der Waals surface area contributed by atoms with E-state index in [9.17, 15) is 14.7 Å². The van der Waals surface area contributed by atoms with Crippen LogP contribution in [0.3, 0.4) is 0 Å². The largest absolute Gasteiger partial charge is 0.507 e. The number of hydrogen-bond donors (Lipinski definition) is 2. The van der Waals surface area contributed by atoms with E-state index < -0.39 is 17.7 Å². The van der Waals surface area contributed by atoms with Gasteiger partial charge in [0.25, 0.3) is 11.7 Å². The van der Waals surface area contributed by atoms with Crippen molar-refractivity contribution in [2.24, 2.45) is 0 Å². The highest BCUT2D eigenvalue weighted by Crippen LogP contribution is 2.43. The van der Waals surface area contributed by atoms with E-state index >= 15 is 0 Å². The van der Waals surface area contributed by atoms with Gasteiger partial charge in [-0.3, -0.25) is 14.5 Å². The fourth-order valence-corrected chi connectivity index (χ4v) is 5.05. The number of hydrogen-bond acceptors (Lipinski definition) is 5. The molecule has 0 radical (unpaired) electrons. The fraction of sp³-hybridized carbons (Fsp3) is 0.200. The van der Waals surface area contributed by atoms with Crippen molar-refractivity contribution in [2.75, 3.05) is 30.0 Å². The summed E-state index contributed by atoms with van der Waals surface area (Å²) in [5.74, 6) is -1.05. The number of aromatic nitrogens is 1. The van der Waals surface area contributed by atoms with Gasteiger partial charge in [-0.25, -0.2) is 0 Å². The van der Waals surface area contributed by atoms with Crippen molar-refractivity contribution in [3.05, 3.63) is 95.7 Å². The van der Waals surface area contributed by atoms with E-state index in [1.165, 1.54) is 4.90 Å². The Labute approximate surface area is 215 Å². The Morgan fingerprint density at radius 3 is 2.43 bits per heavy atom. The van der Waals surface area contributed by atoms with Crippen molar-refractivity contribution in [1.82, 2.24) is 4.98 Å². The molecule has 0 spiro atoms. The molecule has 1 aliphatic heterocycles. The Bertz CT molecular complexity index is 1500. The normalized spacial score (nSPS) is 16.9. The molecule has 37 heavy (non-hydrogen) atoms. The third-order valence-electron chi connectivity index (χ3n) is 6.95. The molecule has 3 aromatic carbocycles. The number of para-hydroxylation sites is 1. The topological polar surface area (TPSA) is 85.9 Å². The molecule has 1 aromatic heterocycles. The van der Waals surface area contributed by atoms with Gasteiger partial charge in [-0.1, -0.05) is 30.3 Å².